The summed E-state index contributed by atoms with van der Waals surface area (Å²) in [6.45, 7) is 0.566. The van der Waals surface area contributed by atoms with E-state index in [4.69, 9.17) is 4.52 Å². The molecule has 0 aliphatic heterocycles. The van der Waals surface area contributed by atoms with Crippen LogP contribution >= 0.6 is 0 Å². The van der Waals surface area contributed by atoms with E-state index in [2.05, 4.69) is 15.5 Å². The Morgan fingerprint density at radius 2 is 2.54 bits per heavy atom. The normalized spacial score (nSPS) is 9.92. The standard InChI is InChI=1S/C7H10N3O2.Po/c1-2-6(11)8-4-3-7-9-5-10-12-7;/h5H,1-4H2,(H,8,11);. The Morgan fingerprint density at radius 3 is 3.15 bits per heavy atom. The van der Waals surface area contributed by atoms with E-state index in [-0.39, 0.29) is 5.91 Å². The van der Waals surface area contributed by atoms with Crippen molar-refractivity contribution in [1.82, 2.24) is 15.5 Å². The number of hydrogen-bond donors (Lipinski definition) is 1. The summed E-state index contributed by atoms with van der Waals surface area (Å²) in [5.74, 6) is 0.650. The molecule has 0 aliphatic rings. The van der Waals surface area contributed by atoms with Crippen molar-refractivity contribution in [3.8, 4) is 0 Å². The zero-order valence-electron chi connectivity index (χ0n) is 7.02. The molecule has 13 heavy (non-hydrogen) atoms. The van der Waals surface area contributed by atoms with Crippen molar-refractivity contribution in [2.24, 2.45) is 0 Å². The molecule has 0 atom stereocenters. The van der Waals surface area contributed by atoms with E-state index >= 15 is 0 Å². The molecule has 0 aliphatic carbocycles. The van der Waals surface area contributed by atoms with Crippen molar-refractivity contribution in [2.75, 3.05) is 6.54 Å². The van der Waals surface area contributed by atoms with Gasteiger partial charge in [0.25, 0.3) is 0 Å². The Hall–Kier alpha value is -0.494. The SMILES string of the molecule is O=C(C[CH2][Po])NCCc1ncno1. The van der Waals surface area contributed by atoms with Gasteiger partial charge in [-0.25, -0.2) is 0 Å². The fraction of sp³-hybridized carbons (Fsp3) is 0.571. The summed E-state index contributed by atoms with van der Waals surface area (Å²) >= 11 is 1.43. The molecule has 1 heterocycles. The fourth-order valence-electron chi connectivity index (χ4n) is 0.796. The molecule has 0 unspecified atom stereocenters. The third-order valence-electron chi connectivity index (χ3n) is 1.40. The fourth-order valence-corrected chi connectivity index (χ4v) is 1.52. The van der Waals surface area contributed by atoms with Crippen LogP contribution in [0.3, 0.4) is 0 Å². The maximum absolute atomic E-state index is 11.0. The van der Waals surface area contributed by atoms with Gasteiger partial charge >= 0.3 is 91.4 Å². The summed E-state index contributed by atoms with van der Waals surface area (Å²) in [5.41, 5.74) is 0. The van der Waals surface area contributed by atoms with Gasteiger partial charge in [-0.2, -0.15) is 0 Å². The van der Waals surface area contributed by atoms with Crippen LogP contribution in [0.15, 0.2) is 10.9 Å². The van der Waals surface area contributed by atoms with Gasteiger partial charge < -0.3 is 0 Å². The zero-order valence-corrected chi connectivity index (χ0v) is 10.2. The van der Waals surface area contributed by atoms with E-state index in [0.717, 1.165) is 4.08 Å². The van der Waals surface area contributed by atoms with Crippen molar-refractivity contribution in [3.05, 3.63) is 12.2 Å². The average molecular weight is 377 g/mol. The first-order chi connectivity index (χ1) is 6.33. The summed E-state index contributed by atoms with van der Waals surface area (Å²) in [4.78, 5) is 14.8. The first-order valence-corrected chi connectivity index (χ1v) is 6.17. The van der Waals surface area contributed by atoms with Crippen LogP contribution in [0, 0.1) is 0 Å². The van der Waals surface area contributed by atoms with E-state index in [1.54, 1.807) is 0 Å². The molecule has 1 N–H and O–H groups in total. The molecule has 1 amide bonds. The minimum atomic E-state index is 0.0921. The average Bonchev–Trinajstić information content (AvgIpc) is 2.57. The summed E-state index contributed by atoms with van der Waals surface area (Å²) < 4.78 is 5.72. The summed E-state index contributed by atoms with van der Waals surface area (Å²) in [7, 11) is 0. The predicted octanol–water partition coefficient (Wildman–Crippen LogP) is -0.295. The second-order valence-corrected chi connectivity index (χ2v) is 3.98. The first-order valence-electron chi connectivity index (χ1n) is 3.93. The van der Waals surface area contributed by atoms with Gasteiger partial charge in [-0.15, -0.1) is 0 Å². The molecule has 0 bridgehead atoms. The van der Waals surface area contributed by atoms with E-state index in [9.17, 15) is 4.79 Å². The molecule has 0 spiro atoms. The molecule has 1 aromatic rings. The monoisotopic (exact) mass is 377 g/mol. The Balaban J connectivity index is 2.11. The molecule has 1 rings (SSSR count). The number of rotatable bonds is 5. The number of aromatic nitrogens is 2. The van der Waals surface area contributed by atoms with Gasteiger partial charge in [0.05, 0.1) is 0 Å². The van der Waals surface area contributed by atoms with Gasteiger partial charge in [0, 0.05) is 0 Å². The van der Waals surface area contributed by atoms with Gasteiger partial charge in [0.2, 0.25) is 0 Å². The second-order valence-electron chi connectivity index (χ2n) is 2.39. The molecule has 0 saturated carbocycles. The number of hydrogen-bond acceptors (Lipinski definition) is 4. The van der Waals surface area contributed by atoms with Gasteiger partial charge in [-0.3, -0.25) is 0 Å². The molecule has 0 saturated heterocycles. The molecule has 71 valence electrons. The molecule has 5 nitrogen and oxygen atoms in total. The second kappa shape index (κ2) is 6.04. The number of nitrogens with zero attached hydrogens (tertiary/aromatic N) is 2. The van der Waals surface area contributed by atoms with Crippen LogP contribution in [-0.2, 0) is 11.2 Å². The molecule has 0 fully saturated rings. The van der Waals surface area contributed by atoms with Crippen LogP contribution in [0.1, 0.15) is 12.3 Å². The van der Waals surface area contributed by atoms with Gasteiger partial charge in [-0.1, -0.05) is 0 Å². The van der Waals surface area contributed by atoms with Gasteiger partial charge in [0.1, 0.15) is 0 Å². The van der Waals surface area contributed by atoms with Crippen LogP contribution in [0.5, 0.6) is 0 Å². The third kappa shape index (κ3) is 4.32. The van der Waals surface area contributed by atoms with Crippen LogP contribution in [0.4, 0.5) is 0 Å². The van der Waals surface area contributed by atoms with E-state index in [1.807, 2.05) is 0 Å². The van der Waals surface area contributed by atoms with Crippen molar-refractivity contribution < 1.29 is 9.32 Å². The molecule has 1 aromatic heterocycles. The number of carbonyl (C=O) groups excluding carboxylic acids is 1. The number of amides is 1. The Labute approximate surface area is 91.4 Å². The molecule has 1 radical (unpaired) electrons. The van der Waals surface area contributed by atoms with Crippen molar-refractivity contribution in [2.45, 2.75) is 16.9 Å². The minimum absolute atomic E-state index is 0.0921. The Kier molecular flexibility index (Phi) is 4.91. The van der Waals surface area contributed by atoms with E-state index in [1.165, 1.54) is 31.4 Å². The van der Waals surface area contributed by atoms with Crippen molar-refractivity contribution in [1.29, 1.82) is 0 Å². The Bertz CT molecular complexity index is 250. The zero-order chi connectivity index (χ0) is 9.52. The van der Waals surface area contributed by atoms with E-state index < -0.39 is 0 Å². The molecule has 0 aromatic carbocycles. The summed E-state index contributed by atoms with van der Waals surface area (Å²) in [6.07, 6.45) is 2.56. The van der Waals surface area contributed by atoms with Gasteiger partial charge in [0.15, 0.2) is 0 Å². The van der Waals surface area contributed by atoms with Gasteiger partial charge in [-0.05, 0) is 0 Å². The van der Waals surface area contributed by atoms with Crippen LogP contribution in [0.2, 0.25) is 4.08 Å². The predicted molar refractivity (Wildman–Crippen MR) is 46.2 cm³/mol. The molecule has 6 heteroatoms. The Morgan fingerprint density at radius 1 is 1.69 bits per heavy atom. The van der Waals surface area contributed by atoms with Crippen LogP contribution in [0.25, 0.3) is 0 Å². The van der Waals surface area contributed by atoms with Crippen LogP contribution in [-0.4, -0.2) is 47.7 Å². The topological polar surface area (TPSA) is 68.0 Å². The molecular formula is C7H10N3O2Po. The van der Waals surface area contributed by atoms with Crippen molar-refractivity contribution >= 4 is 31.0 Å². The maximum atomic E-state index is 11.0. The first kappa shape index (κ1) is 10.6. The van der Waals surface area contributed by atoms with Crippen molar-refractivity contribution in [3.63, 3.8) is 0 Å². The summed E-state index contributed by atoms with van der Waals surface area (Å²) in [6, 6.07) is 0. The quantitative estimate of drug-likeness (QED) is 0.766. The third-order valence-corrected chi connectivity index (χ3v) is 2.19. The summed E-state index contributed by atoms with van der Waals surface area (Å²) in [5, 5.41) is 6.23. The number of nitrogens with one attached hydrogen (secondary N) is 1. The van der Waals surface area contributed by atoms with E-state index in [0.29, 0.717) is 25.3 Å². The molecular weight excluding hydrogens is 367 g/mol. The van der Waals surface area contributed by atoms with Crippen LogP contribution < -0.4 is 5.32 Å². The number of carbonyl (C=O) groups is 1.